The first-order valence-corrected chi connectivity index (χ1v) is 11.9. The van der Waals surface area contributed by atoms with Crippen molar-refractivity contribution in [2.24, 2.45) is 10.9 Å². The second kappa shape index (κ2) is 12.6. The number of aliphatic imine (C=N–C) groups is 1. The number of nitrogens with zero attached hydrogens (tertiary/aromatic N) is 2. The fourth-order valence-corrected chi connectivity index (χ4v) is 4.50. The molecule has 1 atom stereocenters. The molecule has 3 rings (SSSR count). The van der Waals surface area contributed by atoms with Crippen LogP contribution in [0.1, 0.15) is 75.2 Å². The van der Waals surface area contributed by atoms with Gasteiger partial charge in [0.15, 0.2) is 5.96 Å². The van der Waals surface area contributed by atoms with Crippen LogP contribution in [0.3, 0.4) is 0 Å². The second-order valence-corrected chi connectivity index (χ2v) is 10.1. The molecule has 1 heterocycles. The lowest BCUT2D eigenvalue weighted by Crippen LogP contribution is -2.45. The Morgan fingerprint density at radius 2 is 1.85 bits per heavy atom. The van der Waals surface area contributed by atoms with E-state index in [-0.39, 0.29) is 47.4 Å². The van der Waals surface area contributed by atoms with Crippen molar-refractivity contribution in [1.29, 1.82) is 0 Å². The standard InChI is InChI=1S/C25H39N5O2.HI/c1-25(2,3)29-22(31)20-12-8-9-18(15-20)16-27-24(26-4)28-21-13-14-30(17-21)23(32)19-10-6-5-7-11-19;/h8-9,12,15,19,21H,5-7,10-11,13-14,16-17H2,1-4H3,(H,29,31)(H2,26,27,28);1H. The Labute approximate surface area is 215 Å². The first kappa shape index (κ1) is 27.4. The van der Waals surface area contributed by atoms with Crippen molar-refractivity contribution in [3.63, 3.8) is 0 Å². The van der Waals surface area contributed by atoms with E-state index in [0.29, 0.717) is 24.0 Å². The quantitative estimate of drug-likeness (QED) is 0.287. The van der Waals surface area contributed by atoms with E-state index < -0.39 is 0 Å². The van der Waals surface area contributed by atoms with Gasteiger partial charge in [-0.05, 0) is 57.7 Å². The maximum Gasteiger partial charge on any atom is 0.251 e. The van der Waals surface area contributed by atoms with E-state index in [1.807, 2.05) is 49.9 Å². The molecule has 33 heavy (non-hydrogen) atoms. The molecule has 1 aliphatic carbocycles. The van der Waals surface area contributed by atoms with Crippen molar-refractivity contribution in [2.75, 3.05) is 20.1 Å². The highest BCUT2D eigenvalue weighted by Gasteiger charge is 2.31. The highest BCUT2D eigenvalue weighted by Crippen LogP contribution is 2.26. The van der Waals surface area contributed by atoms with Crippen molar-refractivity contribution in [1.82, 2.24) is 20.9 Å². The molecule has 1 unspecified atom stereocenters. The molecule has 1 saturated heterocycles. The number of hydrogen-bond donors (Lipinski definition) is 3. The summed E-state index contributed by atoms with van der Waals surface area (Å²) in [6, 6.07) is 7.83. The average Bonchev–Trinajstić information content (AvgIpc) is 3.24. The number of nitrogens with one attached hydrogen (secondary N) is 3. The fraction of sp³-hybridized carbons (Fsp3) is 0.640. The van der Waals surface area contributed by atoms with Crippen molar-refractivity contribution in [2.45, 2.75) is 77.4 Å². The largest absolute Gasteiger partial charge is 0.352 e. The Hall–Kier alpha value is -1.84. The minimum Gasteiger partial charge on any atom is -0.352 e. The van der Waals surface area contributed by atoms with E-state index in [9.17, 15) is 9.59 Å². The summed E-state index contributed by atoms with van der Waals surface area (Å²) in [5.41, 5.74) is 1.38. The number of halogens is 1. The zero-order valence-corrected chi connectivity index (χ0v) is 22.8. The number of guanidine groups is 1. The number of likely N-dealkylation sites (tertiary alicyclic amines) is 1. The molecule has 1 saturated carbocycles. The minimum absolute atomic E-state index is 0. The molecular formula is C25H40IN5O2. The number of amides is 2. The summed E-state index contributed by atoms with van der Waals surface area (Å²) in [5, 5.41) is 9.79. The Bertz CT molecular complexity index is 830. The smallest absolute Gasteiger partial charge is 0.251 e. The van der Waals surface area contributed by atoms with Gasteiger partial charge in [0.25, 0.3) is 5.91 Å². The SMILES string of the molecule is CN=C(NCc1cccc(C(=O)NC(C)(C)C)c1)NC1CCN(C(=O)C2CCCCC2)C1.I. The third-order valence-electron chi connectivity index (χ3n) is 6.16. The van der Waals surface area contributed by atoms with Crippen LogP contribution in [0.15, 0.2) is 29.3 Å². The van der Waals surface area contributed by atoms with E-state index in [2.05, 4.69) is 20.9 Å². The van der Waals surface area contributed by atoms with Crippen LogP contribution in [0, 0.1) is 5.92 Å². The van der Waals surface area contributed by atoms with Gasteiger partial charge in [-0.1, -0.05) is 31.4 Å². The Morgan fingerprint density at radius 3 is 2.52 bits per heavy atom. The van der Waals surface area contributed by atoms with Crippen LogP contribution >= 0.6 is 24.0 Å². The summed E-state index contributed by atoms with van der Waals surface area (Å²) in [4.78, 5) is 31.6. The Morgan fingerprint density at radius 1 is 1.12 bits per heavy atom. The molecule has 2 fully saturated rings. The molecule has 2 aliphatic rings. The summed E-state index contributed by atoms with van der Waals surface area (Å²) in [6.07, 6.45) is 6.65. The molecule has 1 aromatic carbocycles. The first-order valence-electron chi connectivity index (χ1n) is 11.9. The number of hydrogen-bond acceptors (Lipinski definition) is 3. The van der Waals surface area contributed by atoms with E-state index >= 15 is 0 Å². The molecule has 3 N–H and O–H groups in total. The topological polar surface area (TPSA) is 85.8 Å². The predicted molar refractivity (Wildman–Crippen MR) is 144 cm³/mol. The van der Waals surface area contributed by atoms with Gasteiger partial charge in [-0.25, -0.2) is 0 Å². The number of benzene rings is 1. The van der Waals surface area contributed by atoms with Crippen molar-refractivity contribution in [3.8, 4) is 0 Å². The van der Waals surface area contributed by atoms with Gasteiger partial charge in [-0.3, -0.25) is 14.6 Å². The highest BCUT2D eigenvalue weighted by molar-refractivity contribution is 14.0. The number of carbonyl (C=O) groups is 2. The molecule has 7 nitrogen and oxygen atoms in total. The molecular weight excluding hydrogens is 529 g/mol. The third kappa shape index (κ3) is 8.46. The van der Waals surface area contributed by atoms with Crippen LogP contribution in [-0.4, -0.2) is 54.4 Å². The fourth-order valence-electron chi connectivity index (χ4n) is 4.50. The Balaban J connectivity index is 0.00000385. The molecule has 0 radical (unpaired) electrons. The highest BCUT2D eigenvalue weighted by atomic mass is 127. The average molecular weight is 570 g/mol. The van der Waals surface area contributed by atoms with Gasteiger partial charge in [-0.2, -0.15) is 0 Å². The Kier molecular flexibility index (Phi) is 10.4. The lowest BCUT2D eigenvalue weighted by Gasteiger charge is -2.26. The number of carbonyl (C=O) groups excluding carboxylic acids is 2. The number of rotatable bonds is 5. The van der Waals surface area contributed by atoms with Crippen LogP contribution < -0.4 is 16.0 Å². The predicted octanol–water partition coefficient (Wildman–Crippen LogP) is 3.68. The zero-order chi connectivity index (χ0) is 23.1. The summed E-state index contributed by atoms with van der Waals surface area (Å²) < 4.78 is 0. The zero-order valence-electron chi connectivity index (χ0n) is 20.4. The lowest BCUT2D eigenvalue weighted by atomic mass is 9.88. The molecule has 2 amide bonds. The van der Waals surface area contributed by atoms with Crippen LogP contribution in [-0.2, 0) is 11.3 Å². The monoisotopic (exact) mass is 569 g/mol. The van der Waals surface area contributed by atoms with Gasteiger partial charge < -0.3 is 20.9 Å². The summed E-state index contributed by atoms with van der Waals surface area (Å²) in [6.45, 7) is 8.03. The molecule has 0 spiro atoms. The van der Waals surface area contributed by atoms with Crippen LogP contribution in [0.2, 0.25) is 0 Å². The van der Waals surface area contributed by atoms with Crippen LogP contribution in [0.25, 0.3) is 0 Å². The maximum atomic E-state index is 12.8. The van der Waals surface area contributed by atoms with Gasteiger partial charge in [0.05, 0.1) is 0 Å². The van der Waals surface area contributed by atoms with Gasteiger partial charge in [0, 0.05) is 49.7 Å². The molecule has 184 valence electrons. The van der Waals surface area contributed by atoms with Crippen LogP contribution in [0.4, 0.5) is 0 Å². The summed E-state index contributed by atoms with van der Waals surface area (Å²) >= 11 is 0. The van der Waals surface area contributed by atoms with Gasteiger partial charge in [-0.15, -0.1) is 24.0 Å². The van der Waals surface area contributed by atoms with E-state index in [0.717, 1.165) is 37.9 Å². The van der Waals surface area contributed by atoms with Gasteiger partial charge in [0.2, 0.25) is 5.91 Å². The molecule has 1 aromatic rings. The van der Waals surface area contributed by atoms with Crippen molar-refractivity contribution in [3.05, 3.63) is 35.4 Å². The maximum absolute atomic E-state index is 12.8. The van der Waals surface area contributed by atoms with E-state index in [1.54, 1.807) is 7.05 Å². The summed E-state index contributed by atoms with van der Waals surface area (Å²) in [7, 11) is 1.75. The normalized spacial score (nSPS) is 19.6. The van der Waals surface area contributed by atoms with Gasteiger partial charge >= 0.3 is 0 Å². The van der Waals surface area contributed by atoms with Crippen LogP contribution in [0.5, 0.6) is 0 Å². The molecule has 0 bridgehead atoms. The molecule has 1 aliphatic heterocycles. The third-order valence-corrected chi connectivity index (χ3v) is 6.16. The lowest BCUT2D eigenvalue weighted by molar-refractivity contribution is -0.135. The molecule has 0 aromatic heterocycles. The van der Waals surface area contributed by atoms with E-state index in [4.69, 9.17) is 0 Å². The first-order chi connectivity index (χ1) is 15.2. The van der Waals surface area contributed by atoms with Gasteiger partial charge in [0.1, 0.15) is 0 Å². The van der Waals surface area contributed by atoms with Crippen molar-refractivity contribution >= 4 is 41.8 Å². The minimum atomic E-state index is -0.273. The van der Waals surface area contributed by atoms with E-state index in [1.165, 1.54) is 19.3 Å². The van der Waals surface area contributed by atoms with Crippen molar-refractivity contribution < 1.29 is 9.59 Å². The second-order valence-electron chi connectivity index (χ2n) is 10.1. The summed E-state index contributed by atoms with van der Waals surface area (Å²) in [5.74, 6) is 1.20. The molecule has 8 heteroatoms.